The molecule has 8 nitrogen and oxygen atoms in total. The summed E-state index contributed by atoms with van der Waals surface area (Å²) in [5, 5.41) is 5.51. The van der Waals surface area contributed by atoms with Crippen molar-refractivity contribution in [2.24, 2.45) is 0 Å². The van der Waals surface area contributed by atoms with E-state index in [-0.39, 0.29) is 36.4 Å². The number of ether oxygens (including phenoxy) is 1. The molecule has 0 spiro atoms. The molecule has 0 atom stereocenters. The molecule has 1 amide bonds. The van der Waals surface area contributed by atoms with Crippen molar-refractivity contribution in [3.05, 3.63) is 0 Å². The minimum Gasteiger partial charge on any atom is -0.463 e. The van der Waals surface area contributed by atoms with E-state index in [0.29, 0.717) is 6.61 Å². The number of anilines is 2. The van der Waals surface area contributed by atoms with E-state index in [4.69, 9.17) is 10.5 Å². The molecule has 0 aliphatic rings. The number of nitrogens with two attached hydrogens (primary N) is 1. The normalized spacial score (nSPS) is 10.3. The molecule has 0 saturated heterocycles. The van der Waals surface area contributed by atoms with Crippen molar-refractivity contribution in [1.29, 1.82) is 0 Å². The monoisotopic (exact) mass is 268 g/mol. The Balaban J connectivity index is 2.57. The van der Waals surface area contributed by atoms with Crippen LogP contribution in [0.4, 0.5) is 11.9 Å². The maximum absolute atomic E-state index is 11.5. The van der Waals surface area contributed by atoms with Crippen LogP contribution in [0, 0.1) is 0 Å². The van der Waals surface area contributed by atoms with Crippen molar-refractivity contribution in [1.82, 2.24) is 20.3 Å². The third kappa shape index (κ3) is 5.84. The predicted octanol–water partition coefficient (Wildman–Crippen LogP) is 0.179. The van der Waals surface area contributed by atoms with Crippen LogP contribution in [0.3, 0.4) is 0 Å². The summed E-state index contributed by atoms with van der Waals surface area (Å²) in [6.45, 7) is 6.30. The molecule has 0 fully saturated rings. The van der Waals surface area contributed by atoms with Gasteiger partial charge in [-0.1, -0.05) is 6.92 Å². The number of carbonyl (C=O) groups excluding carboxylic acids is 1. The van der Waals surface area contributed by atoms with E-state index in [2.05, 4.69) is 25.6 Å². The van der Waals surface area contributed by atoms with E-state index in [0.717, 1.165) is 6.42 Å². The van der Waals surface area contributed by atoms with Gasteiger partial charge in [0.25, 0.3) is 0 Å². The molecule has 8 heteroatoms. The number of hydrogen-bond donors (Lipinski definition) is 3. The second-order valence-corrected chi connectivity index (χ2v) is 4.22. The Bertz CT molecular complexity index is 424. The van der Waals surface area contributed by atoms with Gasteiger partial charge in [-0.2, -0.15) is 15.0 Å². The zero-order valence-corrected chi connectivity index (χ0v) is 11.4. The summed E-state index contributed by atoms with van der Waals surface area (Å²) >= 11 is 0. The van der Waals surface area contributed by atoms with Crippen LogP contribution < -0.4 is 21.1 Å². The van der Waals surface area contributed by atoms with Crippen molar-refractivity contribution in [3.8, 4) is 6.01 Å². The summed E-state index contributed by atoms with van der Waals surface area (Å²) in [6, 6.07) is 0.238. The van der Waals surface area contributed by atoms with Crippen LogP contribution >= 0.6 is 0 Å². The Hall–Kier alpha value is -2.12. The average Bonchev–Trinajstić information content (AvgIpc) is 2.32. The summed E-state index contributed by atoms with van der Waals surface area (Å²) < 4.78 is 5.27. The van der Waals surface area contributed by atoms with Gasteiger partial charge in [-0.05, 0) is 20.3 Å². The van der Waals surface area contributed by atoms with Gasteiger partial charge in [0.15, 0.2) is 0 Å². The summed E-state index contributed by atoms with van der Waals surface area (Å²) in [4.78, 5) is 23.2. The first-order valence-corrected chi connectivity index (χ1v) is 6.18. The van der Waals surface area contributed by atoms with E-state index in [1.54, 1.807) is 0 Å². The second kappa shape index (κ2) is 7.34. The number of hydrogen-bond acceptors (Lipinski definition) is 7. The molecule has 0 bridgehead atoms. The number of amides is 1. The minimum atomic E-state index is -0.148. The fourth-order valence-electron chi connectivity index (χ4n) is 1.24. The lowest BCUT2D eigenvalue weighted by Crippen LogP contribution is -2.35. The summed E-state index contributed by atoms with van der Waals surface area (Å²) in [5.41, 5.74) is 5.54. The molecular formula is C11H20N6O2. The van der Waals surface area contributed by atoms with E-state index in [1.807, 2.05) is 20.8 Å². The first-order valence-electron chi connectivity index (χ1n) is 6.18. The van der Waals surface area contributed by atoms with Crippen LogP contribution in [-0.2, 0) is 4.79 Å². The van der Waals surface area contributed by atoms with Gasteiger partial charge in [-0.15, -0.1) is 0 Å². The maximum atomic E-state index is 11.5. The molecule has 1 aromatic heterocycles. The van der Waals surface area contributed by atoms with Gasteiger partial charge >= 0.3 is 6.01 Å². The molecule has 0 unspecified atom stereocenters. The number of carbonyl (C=O) groups is 1. The van der Waals surface area contributed by atoms with Crippen molar-refractivity contribution < 1.29 is 9.53 Å². The maximum Gasteiger partial charge on any atom is 0.323 e. The number of nitrogens with zero attached hydrogens (tertiary/aromatic N) is 3. The molecule has 1 heterocycles. The van der Waals surface area contributed by atoms with Gasteiger partial charge < -0.3 is 21.1 Å². The molecule has 0 saturated carbocycles. The van der Waals surface area contributed by atoms with E-state index in [9.17, 15) is 4.79 Å². The summed E-state index contributed by atoms with van der Waals surface area (Å²) in [7, 11) is 0. The second-order valence-electron chi connectivity index (χ2n) is 4.22. The lowest BCUT2D eigenvalue weighted by atomic mass is 10.4. The number of rotatable bonds is 7. The number of nitrogen functional groups attached to an aromatic ring is 1. The van der Waals surface area contributed by atoms with Crippen molar-refractivity contribution in [3.63, 3.8) is 0 Å². The number of aromatic nitrogens is 3. The first-order chi connectivity index (χ1) is 9.01. The van der Waals surface area contributed by atoms with Gasteiger partial charge in [0.2, 0.25) is 17.8 Å². The third-order valence-electron chi connectivity index (χ3n) is 1.92. The quantitative estimate of drug-likeness (QED) is 0.646. The Kier molecular flexibility index (Phi) is 5.77. The summed E-state index contributed by atoms with van der Waals surface area (Å²) in [6.07, 6.45) is 0.838. The SMILES string of the molecule is CCCOc1nc(N)nc(NCC(=O)NC(C)C)n1. The standard InChI is InChI=1S/C11H20N6O2/c1-4-5-19-11-16-9(12)15-10(17-11)13-6-8(18)14-7(2)3/h7H,4-6H2,1-3H3,(H,14,18)(H3,12,13,15,16,17). The van der Waals surface area contributed by atoms with Gasteiger partial charge in [-0.25, -0.2) is 0 Å². The Morgan fingerprint density at radius 2 is 2.11 bits per heavy atom. The third-order valence-corrected chi connectivity index (χ3v) is 1.92. The van der Waals surface area contributed by atoms with E-state index < -0.39 is 0 Å². The molecule has 106 valence electrons. The highest BCUT2D eigenvalue weighted by atomic mass is 16.5. The van der Waals surface area contributed by atoms with E-state index >= 15 is 0 Å². The van der Waals surface area contributed by atoms with Crippen molar-refractivity contribution >= 4 is 17.8 Å². The van der Waals surface area contributed by atoms with Gasteiger partial charge in [-0.3, -0.25) is 4.79 Å². The predicted molar refractivity (Wildman–Crippen MR) is 71.8 cm³/mol. The smallest absolute Gasteiger partial charge is 0.323 e. The zero-order valence-electron chi connectivity index (χ0n) is 11.4. The molecule has 0 aliphatic carbocycles. The Morgan fingerprint density at radius 1 is 1.37 bits per heavy atom. The molecule has 1 aromatic rings. The highest BCUT2D eigenvalue weighted by Crippen LogP contribution is 2.08. The first kappa shape index (κ1) is 14.9. The van der Waals surface area contributed by atoms with Crippen molar-refractivity contribution in [2.75, 3.05) is 24.2 Å². The molecular weight excluding hydrogens is 248 g/mol. The average molecular weight is 268 g/mol. The van der Waals surface area contributed by atoms with Crippen LogP contribution in [0.15, 0.2) is 0 Å². The van der Waals surface area contributed by atoms with Crippen LogP contribution in [0.5, 0.6) is 6.01 Å². The van der Waals surface area contributed by atoms with Gasteiger partial charge in [0.1, 0.15) is 0 Å². The lowest BCUT2D eigenvalue weighted by molar-refractivity contribution is -0.119. The highest BCUT2D eigenvalue weighted by molar-refractivity contribution is 5.80. The van der Waals surface area contributed by atoms with Crippen LogP contribution in [0.1, 0.15) is 27.2 Å². The highest BCUT2D eigenvalue weighted by Gasteiger charge is 2.07. The molecule has 0 aromatic carbocycles. The minimum absolute atomic E-state index is 0.0490. The molecule has 0 radical (unpaired) electrons. The largest absolute Gasteiger partial charge is 0.463 e. The lowest BCUT2D eigenvalue weighted by Gasteiger charge is -2.10. The molecule has 0 aliphatic heterocycles. The van der Waals surface area contributed by atoms with Crippen molar-refractivity contribution in [2.45, 2.75) is 33.2 Å². The zero-order chi connectivity index (χ0) is 14.3. The molecule has 4 N–H and O–H groups in total. The summed E-state index contributed by atoms with van der Waals surface area (Å²) in [5.74, 6) is 0.121. The van der Waals surface area contributed by atoms with Crippen LogP contribution in [0.25, 0.3) is 0 Å². The van der Waals surface area contributed by atoms with Gasteiger partial charge in [0, 0.05) is 6.04 Å². The topological polar surface area (TPSA) is 115 Å². The van der Waals surface area contributed by atoms with Crippen LogP contribution in [-0.4, -0.2) is 40.1 Å². The number of nitrogens with one attached hydrogen (secondary N) is 2. The van der Waals surface area contributed by atoms with E-state index in [1.165, 1.54) is 0 Å². The van der Waals surface area contributed by atoms with Crippen LogP contribution in [0.2, 0.25) is 0 Å². The fraction of sp³-hybridized carbons (Fsp3) is 0.636. The molecule has 1 rings (SSSR count). The molecule has 19 heavy (non-hydrogen) atoms. The Morgan fingerprint density at radius 3 is 2.74 bits per heavy atom. The fourth-order valence-corrected chi connectivity index (χ4v) is 1.24. The van der Waals surface area contributed by atoms with Gasteiger partial charge in [0.05, 0.1) is 13.2 Å². The Labute approximate surface area is 112 Å².